The van der Waals surface area contributed by atoms with Crippen molar-refractivity contribution in [3.05, 3.63) is 290 Å². The lowest BCUT2D eigenvalue weighted by Gasteiger charge is -2.30. The van der Waals surface area contributed by atoms with Crippen molar-refractivity contribution >= 4 is 97.1 Å². The summed E-state index contributed by atoms with van der Waals surface area (Å²) in [5, 5.41) is 5.12. The summed E-state index contributed by atoms with van der Waals surface area (Å²) in [5.41, 5.74) is 21.1. The molecule has 0 saturated heterocycles. The summed E-state index contributed by atoms with van der Waals surface area (Å²) in [6.45, 7) is 4.54. The summed E-state index contributed by atoms with van der Waals surface area (Å²) in [7, 11) is 0. The molecular weight excluding hydrogens is 981 g/mol. The standard InChI is InChI=1S/C74H52N2S2/c1-49-47-57(43-45-65(49)75(69-31-17-27-63-61-25-11-15-33-71(61)77-73(63)69)67-29-13-9-23-59(67)55-39-35-53(36-40-55)51-19-5-3-6-20-51)58-44-46-66(50(2)48-58)76(70-32-18-28-64-62-26-12-16-34-72(62)78-74(64)70)68-30-14-10-24-60(68)56-41-37-54(38-42-56)52-21-7-4-8-22-52/h3-48H,1-2H3. The third-order valence-corrected chi connectivity index (χ3v) is 17.8. The SMILES string of the molecule is Cc1cc(-c2ccc(N(c3ccccc3-c3ccc(-c4ccccc4)cc3)c3cccc4c3sc3ccccc34)c(C)c2)ccc1N(c1ccccc1-c1ccc(-c2ccccc2)cc1)c1cccc2c1sc1ccccc12. The van der Waals surface area contributed by atoms with Crippen molar-refractivity contribution < 1.29 is 0 Å². The topological polar surface area (TPSA) is 6.48 Å². The van der Waals surface area contributed by atoms with Crippen LogP contribution in [-0.4, -0.2) is 0 Å². The molecule has 2 heterocycles. The Morgan fingerprint density at radius 2 is 0.551 bits per heavy atom. The summed E-state index contributed by atoms with van der Waals surface area (Å²) < 4.78 is 5.11. The van der Waals surface area contributed by atoms with E-state index >= 15 is 0 Å². The molecule has 14 rings (SSSR count). The molecule has 12 aromatic carbocycles. The first kappa shape index (κ1) is 47.2. The number of thiophene rings is 2. The number of aryl methyl sites for hydroxylation is 2. The van der Waals surface area contributed by atoms with Gasteiger partial charge in [-0.1, -0.05) is 218 Å². The molecule has 0 radical (unpaired) electrons. The van der Waals surface area contributed by atoms with E-state index in [0.717, 1.165) is 22.7 Å². The van der Waals surface area contributed by atoms with Crippen LogP contribution in [0.3, 0.4) is 0 Å². The smallest absolute Gasteiger partial charge is 0.0640 e. The van der Waals surface area contributed by atoms with Gasteiger partial charge in [0, 0.05) is 53.4 Å². The van der Waals surface area contributed by atoms with Crippen molar-refractivity contribution in [3.63, 3.8) is 0 Å². The molecule has 2 nitrogen and oxygen atoms in total. The van der Waals surface area contributed by atoms with Gasteiger partial charge in [-0.3, -0.25) is 0 Å². The van der Waals surface area contributed by atoms with Crippen LogP contribution in [0.25, 0.3) is 96.0 Å². The van der Waals surface area contributed by atoms with Gasteiger partial charge in [-0.05, 0) is 130 Å². The fourth-order valence-electron chi connectivity index (χ4n) is 11.5. The average Bonchev–Trinajstić information content (AvgIpc) is 4.22. The Bertz CT molecular complexity index is 4220. The van der Waals surface area contributed by atoms with E-state index < -0.39 is 0 Å². The maximum atomic E-state index is 2.50. The Kier molecular flexibility index (Phi) is 12.1. The summed E-state index contributed by atoms with van der Waals surface area (Å²) in [6.07, 6.45) is 0. The third kappa shape index (κ3) is 8.43. The number of anilines is 6. The van der Waals surface area contributed by atoms with Crippen molar-refractivity contribution in [2.24, 2.45) is 0 Å². The molecule has 0 spiro atoms. The fourth-order valence-corrected chi connectivity index (χ4v) is 14.0. The minimum atomic E-state index is 1.13. The lowest BCUT2D eigenvalue weighted by molar-refractivity contribution is 1.26. The van der Waals surface area contributed by atoms with Gasteiger partial charge in [0.15, 0.2) is 0 Å². The Labute approximate surface area is 463 Å². The molecule has 0 saturated carbocycles. The van der Waals surface area contributed by atoms with Gasteiger partial charge in [0.2, 0.25) is 0 Å². The highest BCUT2D eigenvalue weighted by Crippen LogP contribution is 2.51. The second-order valence-corrected chi connectivity index (χ2v) is 22.2. The van der Waals surface area contributed by atoms with E-state index in [-0.39, 0.29) is 0 Å². The zero-order valence-corrected chi connectivity index (χ0v) is 44.9. The van der Waals surface area contributed by atoms with Gasteiger partial charge >= 0.3 is 0 Å². The molecule has 0 amide bonds. The highest BCUT2D eigenvalue weighted by atomic mass is 32.1. The lowest BCUT2D eigenvalue weighted by Crippen LogP contribution is -2.13. The van der Waals surface area contributed by atoms with Gasteiger partial charge in [0.25, 0.3) is 0 Å². The highest BCUT2D eigenvalue weighted by molar-refractivity contribution is 7.26. The Hall–Kier alpha value is -9.32. The van der Waals surface area contributed by atoms with Gasteiger partial charge in [-0.2, -0.15) is 0 Å². The molecule has 0 aliphatic heterocycles. The molecular formula is C74H52N2S2. The molecule has 0 bridgehead atoms. The summed E-state index contributed by atoms with van der Waals surface area (Å²) in [4.78, 5) is 5.01. The van der Waals surface area contributed by atoms with Crippen LogP contribution in [0.1, 0.15) is 11.1 Å². The van der Waals surface area contributed by atoms with Crippen LogP contribution in [-0.2, 0) is 0 Å². The molecule has 370 valence electrons. The number of benzene rings is 12. The number of hydrogen-bond acceptors (Lipinski definition) is 4. The first-order valence-electron chi connectivity index (χ1n) is 26.6. The van der Waals surface area contributed by atoms with Crippen LogP contribution in [0, 0.1) is 13.8 Å². The number of hydrogen-bond donors (Lipinski definition) is 0. The molecule has 0 unspecified atom stereocenters. The van der Waals surface area contributed by atoms with Crippen molar-refractivity contribution in [1.82, 2.24) is 0 Å². The van der Waals surface area contributed by atoms with Gasteiger partial charge in [0.05, 0.1) is 32.1 Å². The predicted octanol–water partition coefficient (Wildman–Crippen LogP) is 22.3. The Morgan fingerprint density at radius 3 is 0.974 bits per heavy atom. The van der Waals surface area contributed by atoms with Crippen LogP contribution < -0.4 is 9.80 Å². The minimum Gasteiger partial charge on any atom is -0.308 e. The quantitative estimate of drug-likeness (QED) is 0.127. The molecule has 0 N–H and O–H groups in total. The first-order chi connectivity index (χ1) is 38.5. The normalized spacial score (nSPS) is 11.5. The number of para-hydroxylation sites is 2. The molecule has 0 atom stereocenters. The van der Waals surface area contributed by atoms with Gasteiger partial charge in [0.1, 0.15) is 0 Å². The largest absolute Gasteiger partial charge is 0.308 e. The van der Waals surface area contributed by atoms with Crippen LogP contribution in [0.4, 0.5) is 34.1 Å². The zero-order chi connectivity index (χ0) is 52.1. The lowest BCUT2D eigenvalue weighted by atomic mass is 9.96. The summed E-state index contributed by atoms with van der Waals surface area (Å²) in [5.74, 6) is 0. The second-order valence-electron chi connectivity index (χ2n) is 20.1. The van der Waals surface area contributed by atoms with E-state index in [1.807, 2.05) is 22.7 Å². The first-order valence-corrected chi connectivity index (χ1v) is 28.3. The van der Waals surface area contributed by atoms with Crippen molar-refractivity contribution in [1.29, 1.82) is 0 Å². The van der Waals surface area contributed by atoms with E-state index in [1.165, 1.54) is 118 Å². The molecule has 2 aromatic heterocycles. The molecule has 0 aliphatic carbocycles. The predicted molar refractivity (Wildman–Crippen MR) is 338 cm³/mol. The minimum absolute atomic E-state index is 1.13. The molecule has 14 aromatic rings. The maximum Gasteiger partial charge on any atom is 0.0640 e. The molecule has 4 heteroatoms. The van der Waals surface area contributed by atoms with Gasteiger partial charge in [-0.25, -0.2) is 0 Å². The van der Waals surface area contributed by atoms with E-state index in [2.05, 4.69) is 303 Å². The summed E-state index contributed by atoms with van der Waals surface area (Å²) >= 11 is 3.74. The van der Waals surface area contributed by atoms with Crippen molar-refractivity contribution in [3.8, 4) is 55.6 Å². The van der Waals surface area contributed by atoms with Crippen LogP contribution >= 0.6 is 22.7 Å². The monoisotopic (exact) mass is 1030 g/mol. The number of fused-ring (bicyclic) bond motifs is 6. The third-order valence-electron chi connectivity index (χ3n) is 15.4. The fraction of sp³-hybridized carbons (Fsp3) is 0.0270. The molecule has 78 heavy (non-hydrogen) atoms. The average molecular weight is 1030 g/mol. The van der Waals surface area contributed by atoms with Crippen LogP contribution in [0.2, 0.25) is 0 Å². The van der Waals surface area contributed by atoms with E-state index in [0.29, 0.717) is 0 Å². The van der Waals surface area contributed by atoms with Gasteiger partial charge in [-0.15, -0.1) is 22.7 Å². The summed E-state index contributed by atoms with van der Waals surface area (Å²) in [6, 6.07) is 102. The van der Waals surface area contributed by atoms with Crippen molar-refractivity contribution in [2.45, 2.75) is 13.8 Å². The van der Waals surface area contributed by atoms with E-state index in [4.69, 9.17) is 0 Å². The number of nitrogens with zero attached hydrogens (tertiary/aromatic N) is 2. The van der Waals surface area contributed by atoms with Crippen molar-refractivity contribution in [2.75, 3.05) is 9.80 Å². The number of rotatable bonds is 11. The maximum absolute atomic E-state index is 2.50. The molecule has 0 aliphatic rings. The Morgan fingerprint density at radius 1 is 0.231 bits per heavy atom. The van der Waals surface area contributed by atoms with Gasteiger partial charge < -0.3 is 9.80 Å². The van der Waals surface area contributed by atoms with Crippen LogP contribution in [0.5, 0.6) is 0 Å². The van der Waals surface area contributed by atoms with E-state index in [9.17, 15) is 0 Å². The molecule has 0 fully saturated rings. The second kappa shape index (κ2) is 20.0. The van der Waals surface area contributed by atoms with E-state index in [1.54, 1.807) is 0 Å². The highest BCUT2D eigenvalue weighted by Gasteiger charge is 2.25. The van der Waals surface area contributed by atoms with Crippen LogP contribution in [0.15, 0.2) is 279 Å². The zero-order valence-electron chi connectivity index (χ0n) is 43.3. The Balaban J connectivity index is 0.887.